The molecule has 1 amide bonds. The number of benzene rings is 2. The van der Waals surface area contributed by atoms with E-state index in [1.165, 1.54) is 40.9 Å². The fourth-order valence-electron chi connectivity index (χ4n) is 3.47. The molecule has 2 heterocycles. The molecule has 142 valence electrons. The van der Waals surface area contributed by atoms with Crippen LogP contribution in [-0.2, 0) is 4.79 Å². The minimum atomic E-state index is -0.706. The predicted octanol–water partition coefficient (Wildman–Crippen LogP) is 4.84. The van der Waals surface area contributed by atoms with Crippen LogP contribution in [0.2, 0.25) is 5.02 Å². The summed E-state index contributed by atoms with van der Waals surface area (Å²) in [5.74, 6) is -1.30. The van der Waals surface area contributed by atoms with E-state index >= 15 is 0 Å². The number of nitriles is 1. The highest BCUT2D eigenvalue weighted by Gasteiger charge is 2.39. The van der Waals surface area contributed by atoms with Crippen LogP contribution < -0.4 is 4.90 Å². The summed E-state index contributed by atoms with van der Waals surface area (Å²) in [6, 6.07) is 12.5. The van der Waals surface area contributed by atoms with Crippen molar-refractivity contribution in [3.63, 3.8) is 0 Å². The minimum Gasteiger partial charge on any atom is -0.344 e. The Kier molecular flexibility index (Phi) is 5.00. The molecule has 2 aromatic carbocycles. The van der Waals surface area contributed by atoms with Crippen LogP contribution in [0.4, 0.5) is 14.5 Å². The highest BCUT2D eigenvalue weighted by molar-refractivity contribution is 8.03. The molecule has 0 N–H and O–H groups in total. The molecule has 8 heteroatoms. The maximum atomic E-state index is 14.4. The zero-order chi connectivity index (χ0) is 19.8. The van der Waals surface area contributed by atoms with Gasteiger partial charge in [-0.3, -0.25) is 9.69 Å². The molecule has 1 fully saturated rings. The van der Waals surface area contributed by atoms with Crippen molar-refractivity contribution in [1.82, 2.24) is 4.90 Å². The fraction of sp³-hybridized carbons (Fsp3) is 0.200. The van der Waals surface area contributed by atoms with Crippen LogP contribution in [-0.4, -0.2) is 23.4 Å². The lowest BCUT2D eigenvalue weighted by molar-refractivity contribution is -0.129. The maximum absolute atomic E-state index is 14.4. The van der Waals surface area contributed by atoms with Crippen molar-refractivity contribution in [2.75, 3.05) is 17.4 Å². The van der Waals surface area contributed by atoms with Crippen LogP contribution in [0.25, 0.3) is 0 Å². The predicted molar refractivity (Wildman–Crippen MR) is 104 cm³/mol. The molecule has 2 aliphatic rings. The minimum absolute atomic E-state index is 0.0368. The lowest BCUT2D eigenvalue weighted by Crippen LogP contribution is -2.47. The highest BCUT2D eigenvalue weighted by atomic mass is 35.5. The zero-order valence-corrected chi connectivity index (χ0v) is 16.1. The molecule has 2 aliphatic heterocycles. The summed E-state index contributed by atoms with van der Waals surface area (Å²) in [7, 11) is 0. The van der Waals surface area contributed by atoms with Crippen molar-refractivity contribution in [2.24, 2.45) is 0 Å². The molecular formula is C20H14ClF2N3OS. The van der Waals surface area contributed by atoms with Crippen LogP contribution in [0.15, 0.2) is 53.1 Å². The van der Waals surface area contributed by atoms with Crippen molar-refractivity contribution in [2.45, 2.75) is 12.3 Å². The Morgan fingerprint density at radius 1 is 1.18 bits per heavy atom. The standard InChI is InChI=1S/C20H14ClF2N3OS/c21-16-2-1-3-17(23)19(16)14-8-18(27)26-10-25(11-28-20(26)15(14)9-24)13-6-4-12(22)5-7-13/h1-7,14H,8,10-11H2. The van der Waals surface area contributed by atoms with E-state index in [1.54, 1.807) is 18.2 Å². The van der Waals surface area contributed by atoms with Crippen molar-refractivity contribution < 1.29 is 13.6 Å². The summed E-state index contributed by atoms with van der Waals surface area (Å²) in [5, 5.41) is 10.5. The van der Waals surface area contributed by atoms with E-state index in [2.05, 4.69) is 6.07 Å². The third-order valence-corrected chi connectivity index (χ3v) is 6.32. The molecule has 4 nitrogen and oxygen atoms in total. The van der Waals surface area contributed by atoms with Crippen molar-refractivity contribution in [3.05, 3.63) is 75.3 Å². The van der Waals surface area contributed by atoms with Gasteiger partial charge in [-0.1, -0.05) is 29.4 Å². The second-order valence-electron chi connectivity index (χ2n) is 6.48. The summed E-state index contributed by atoms with van der Waals surface area (Å²) in [5.41, 5.74) is 1.30. The van der Waals surface area contributed by atoms with Crippen molar-refractivity contribution in [3.8, 4) is 6.07 Å². The first-order valence-electron chi connectivity index (χ1n) is 8.51. The van der Waals surface area contributed by atoms with Gasteiger partial charge in [0.15, 0.2) is 0 Å². The second-order valence-corrected chi connectivity index (χ2v) is 7.82. The van der Waals surface area contributed by atoms with E-state index in [4.69, 9.17) is 11.6 Å². The molecule has 28 heavy (non-hydrogen) atoms. The lowest BCUT2D eigenvalue weighted by Gasteiger charge is -2.42. The van der Waals surface area contributed by atoms with Gasteiger partial charge >= 0.3 is 0 Å². The Morgan fingerprint density at radius 2 is 1.93 bits per heavy atom. The molecule has 0 aromatic heterocycles. The van der Waals surface area contributed by atoms with Gasteiger partial charge in [-0.15, -0.1) is 0 Å². The van der Waals surface area contributed by atoms with Gasteiger partial charge in [0.25, 0.3) is 0 Å². The van der Waals surface area contributed by atoms with Crippen LogP contribution in [0.3, 0.4) is 0 Å². The summed E-state index contributed by atoms with van der Waals surface area (Å²) in [6.07, 6.45) is -0.0368. The monoisotopic (exact) mass is 417 g/mol. The van der Waals surface area contributed by atoms with Gasteiger partial charge in [0, 0.05) is 28.6 Å². The van der Waals surface area contributed by atoms with Gasteiger partial charge in [0.1, 0.15) is 11.6 Å². The zero-order valence-electron chi connectivity index (χ0n) is 14.5. The molecule has 0 radical (unpaired) electrons. The van der Waals surface area contributed by atoms with Gasteiger partial charge in [-0.05, 0) is 36.4 Å². The number of nitrogens with zero attached hydrogens (tertiary/aromatic N) is 3. The highest BCUT2D eigenvalue weighted by Crippen LogP contribution is 2.45. The number of anilines is 1. The molecule has 0 bridgehead atoms. The first-order chi connectivity index (χ1) is 13.5. The molecule has 0 spiro atoms. The first kappa shape index (κ1) is 18.8. The average molecular weight is 418 g/mol. The fourth-order valence-corrected chi connectivity index (χ4v) is 4.93. The number of halogens is 3. The Morgan fingerprint density at radius 3 is 2.61 bits per heavy atom. The van der Waals surface area contributed by atoms with E-state index in [0.717, 1.165) is 5.69 Å². The Hall–Kier alpha value is -2.56. The Balaban J connectivity index is 1.70. The molecule has 1 saturated heterocycles. The van der Waals surface area contributed by atoms with E-state index in [9.17, 15) is 18.8 Å². The first-order valence-corrected chi connectivity index (χ1v) is 9.88. The van der Waals surface area contributed by atoms with E-state index < -0.39 is 11.7 Å². The Labute approximate surface area is 170 Å². The van der Waals surface area contributed by atoms with E-state index in [0.29, 0.717) is 16.5 Å². The molecule has 1 atom stereocenters. The maximum Gasteiger partial charge on any atom is 0.229 e. The molecule has 4 rings (SSSR count). The number of carbonyl (C=O) groups excluding carboxylic acids is 1. The number of allylic oxidation sites excluding steroid dienone is 1. The molecule has 2 aromatic rings. The Bertz CT molecular complexity index is 999. The smallest absolute Gasteiger partial charge is 0.229 e. The number of carbonyl (C=O) groups is 1. The summed E-state index contributed by atoms with van der Waals surface area (Å²) >= 11 is 7.51. The SMILES string of the molecule is N#CC1=C2SCN(c3ccc(F)cc3)CN2C(=O)CC1c1c(F)cccc1Cl. The molecular weight excluding hydrogens is 404 g/mol. The lowest BCUT2D eigenvalue weighted by atomic mass is 9.86. The normalized spacial score (nSPS) is 19.5. The topological polar surface area (TPSA) is 47.3 Å². The van der Waals surface area contributed by atoms with Gasteiger partial charge in [0.2, 0.25) is 5.91 Å². The van der Waals surface area contributed by atoms with Gasteiger partial charge in [-0.25, -0.2) is 8.78 Å². The number of thioether (sulfide) groups is 1. The molecule has 0 aliphatic carbocycles. The van der Waals surface area contributed by atoms with Crippen molar-refractivity contribution in [1.29, 1.82) is 5.26 Å². The van der Waals surface area contributed by atoms with Crippen LogP contribution >= 0.6 is 23.4 Å². The summed E-state index contributed by atoms with van der Waals surface area (Å²) in [4.78, 5) is 16.3. The van der Waals surface area contributed by atoms with Gasteiger partial charge < -0.3 is 4.90 Å². The van der Waals surface area contributed by atoms with E-state index in [-0.39, 0.29) is 35.4 Å². The van der Waals surface area contributed by atoms with Crippen molar-refractivity contribution >= 4 is 35.0 Å². The van der Waals surface area contributed by atoms with Crippen LogP contribution in [0.5, 0.6) is 0 Å². The van der Waals surface area contributed by atoms with Crippen LogP contribution in [0, 0.1) is 23.0 Å². The second kappa shape index (κ2) is 7.46. The average Bonchev–Trinajstić information content (AvgIpc) is 2.68. The summed E-state index contributed by atoms with van der Waals surface area (Å²) < 4.78 is 27.6. The number of amides is 1. The molecule has 0 saturated carbocycles. The number of rotatable bonds is 2. The third-order valence-electron chi connectivity index (χ3n) is 4.83. The van der Waals surface area contributed by atoms with Crippen LogP contribution in [0.1, 0.15) is 17.9 Å². The molecule has 1 unspecified atom stereocenters. The summed E-state index contributed by atoms with van der Waals surface area (Å²) in [6.45, 7) is 0.246. The third kappa shape index (κ3) is 3.23. The number of fused-ring (bicyclic) bond motifs is 1. The number of hydrogen-bond acceptors (Lipinski definition) is 4. The van der Waals surface area contributed by atoms with E-state index in [1.807, 2.05) is 4.90 Å². The quantitative estimate of drug-likeness (QED) is 0.701. The van der Waals surface area contributed by atoms with Gasteiger partial charge in [0.05, 0.1) is 29.2 Å². The largest absolute Gasteiger partial charge is 0.344 e. The van der Waals surface area contributed by atoms with Gasteiger partial charge in [-0.2, -0.15) is 5.26 Å². The number of hydrogen-bond donors (Lipinski definition) is 0.